The Balaban J connectivity index is 2.17. The van der Waals surface area contributed by atoms with Gasteiger partial charge in [-0.15, -0.1) is 0 Å². The molecule has 0 aliphatic rings. The standard InChI is InChI=1S/C14H16FN3O3S/c1-2-22(20,21)16-9-10-18-14(19)8-7-13(17-18)11-3-5-12(15)6-4-11/h3-8,16H,2,9-10H2,1H3. The van der Waals surface area contributed by atoms with Gasteiger partial charge in [-0.3, -0.25) is 4.79 Å². The van der Waals surface area contributed by atoms with Crippen LogP contribution >= 0.6 is 0 Å². The Labute approximate surface area is 127 Å². The van der Waals surface area contributed by atoms with Crippen molar-refractivity contribution in [1.82, 2.24) is 14.5 Å². The molecule has 1 aromatic heterocycles. The highest BCUT2D eigenvalue weighted by molar-refractivity contribution is 7.89. The maximum Gasteiger partial charge on any atom is 0.266 e. The van der Waals surface area contributed by atoms with Gasteiger partial charge in [0.1, 0.15) is 5.82 Å². The Bertz CT molecular complexity index is 801. The fraction of sp³-hybridized carbons (Fsp3) is 0.286. The highest BCUT2D eigenvalue weighted by Crippen LogP contribution is 2.15. The van der Waals surface area contributed by atoms with Crippen molar-refractivity contribution < 1.29 is 12.8 Å². The highest BCUT2D eigenvalue weighted by atomic mass is 32.2. The SMILES string of the molecule is CCS(=O)(=O)NCCn1nc(-c2ccc(F)cc2)ccc1=O. The number of halogens is 1. The first-order chi connectivity index (χ1) is 10.4. The number of nitrogens with zero attached hydrogens (tertiary/aromatic N) is 2. The minimum Gasteiger partial charge on any atom is -0.268 e. The summed E-state index contributed by atoms with van der Waals surface area (Å²) < 4.78 is 39.1. The van der Waals surface area contributed by atoms with Crippen molar-refractivity contribution in [3.63, 3.8) is 0 Å². The van der Waals surface area contributed by atoms with Crippen LogP contribution in [0.3, 0.4) is 0 Å². The zero-order chi connectivity index (χ0) is 16.2. The van der Waals surface area contributed by atoms with E-state index in [4.69, 9.17) is 0 Å². The largest absolute Gasteiger partial charge is 0.268 e. The number of nitrogens with one attached hydrogen (secondary N) is 1. The van der Waals surface area contributed by atoms with Crippen molar-refractivity contribution in [2.75, 3.05) is 12.3 Å². The third-order valence-corrected chi connectivity index (χ3v) is 4.44. The van der Waals surface area contributed by atoms with Crippen LogP contribution in [-0.2, 0) is 16.6 Å². The molecule has 0 fully saturated rings. The van der Waals surface area contributed by atoms with Crippen LogP contribution in [0.1, 0.15) is 6.92 Å². The summed E-state index contributed by atoms with van der Waals surface area (Å²) >= 11 is 0. The summed E-state index contributed by atoms with van der Waals surface area (Å²) in [5, 5.41) is 4.16. The van der Waals surface area contributed by atoms with Crippen LogP contribution in [0, 0.1) is 5.82 Å². The summed E-state index contributed by atoms with van der Waals surface area (Å²) in [6, 6.07) is 8.63. The lowest BCUT2D eigenvalue weighted by atomic mass is 10.1. The Morgan fingerprint density at radius 3 is 2.50 bits per heavy atom. The zero-order valence-electron chi connectivity index (χ0n) is 12.0. The van der Waals surface area contributed by atoms with E-state index in [1.54, 1.807) is 18.2 Å². The van der Waals surface area contributed by atoms with Gasteiger partial charge in [0.2, 0.25) is 10.0 Å². The third-order valence-electron chi connectivity index (χ3n) is 3.03. The lowest BCUT2D eigenvalue weighted by molar-refractivity contribution is 0.549. The zero-order valence-corrected chi connectivity index (χ0v) is 12.8. The van der Waals surface area contributed by atoms with E-state index in [0.29, 0.717) is 11.3 Å². The topological polar surface area (TPSA) is 81.1 Å². The maximum absolute atomic E-state index is 12.9. The average molecular weight is 325 g/mol. The molecule has 0 aliphatic carbocycles. The van der Waals surface area contributed by atoms with Crippen molar-refractivity contribution >= 4 is 10.0 Å². The van der Waals surface area contributed by atoms with Crippen LogP contribution in [0.15, 0.2) is 41.2 Å². The normalized spacial score (nSPS) is 11.5. The number of rotatable bonds is 6. The summed E-state index contributed by atoms with van der Waals surface area (Å²) in [4.78, 5) is 11.7. The van der Waals surface area contributed by atoms with Crippen LogP contribution in [0.2, 0.25) is 0 Å². The number of hydrogen-bond donors (Lipinski definition) is 1. The molecule has 0 atom stereocenters. The second kappa shape index (κ2) is 6.80. The molecule has 2 rings (SSSR count). The van der Waals surface area contributed by atoms with E-state index >= 15 is 0 Å². The highest BCUT2D eigenvalue weighted by Gasteiger charge is 2.07. The molecule has 22 heavy (non-hydrogen) atoms. The lowest BCUT2D eigenvalue weighted by Gasteiger charge is -2.08. The van der Waals surface area contributed by atoms with Crippen molar-refractivity contribution in [1.29, 1.82) is 0 Å². The Morgan fingerprint density at radius 2 is 1.86 bits per heavy atom. The summed E-state index contributed by atoms with van der Waals surface area (Å²) in [6.45, 7) is 1.73. The molecule has 1 N–H and O–H groups in total. The molecule has 0 spiro atoms. The molecular weight excluding hydrogens is 309 g/mol. The first kappa shape index (κ1) is 16.3. The van der Waals surface area contributed by atoms with Gasteiger partial charge in [0, 0.05) is 18.2 Å². The van der Waals surface area contributed by atoms with E-state index in [-0.39, 0.29) is 30.2 Å². The number of aromatic nitrogens is 2. The summed E-state index contributed by atoms with van der Waals surface area (Å²) in [7, 11) is -3.30. The minimum absolute atomic E-state index is 0.0229. The fourth-order valence-electron chi connectivity index (χ4n) is 1.79. The van der Waals surface area contributed by atoms with Crippen molar-refractivity contribution in [2.45, 2.75) is 13.5 Å². The van der Waals surface area contributed by atoms with Crippen LogP contribution in [0.4, 0.5) is 4.39 Å². The van der Waals surface area contributed by atoms with E-state index < -0.39 is 10.0 Å². The lowest BCUT2D eigenvalue weighted by Crippen LogP contribution is -2.32. The minimum atomic E-state index is -3.30. The summed E-state index contributed by atoms with van der Waals surface area (Å²) in [5.41, 5.74) is 0.851. The van der Waals surface area contributed by atoms with Crippen LogP contribution in [0.25, 0.3) is 11.3 Å². The molecule has 0 aliphatic heterocycles. The molecule has 0 bridgehead atoms. The van der Waals surface area contributed by atoms with Gasteiger partial charge in [0.05, 0.1) is 18.0 Å². The molecule has 0 saturated carbocycles. The van der Waals surface area contributed by atoms with Gasteiger partial charge in [-0.2, -0.15) is 5.10 Å². The van der Waals surface area contributed by atoms with E-state index in [1.807, 2.05) is 0 Å². The van der Waals surface area contributed by atoms with Gasteiger partial charge in [0.25, 0.3) is 5.56 Å². The Hall–Kier alpha value is -2.06. The van der Waals surface area contributed by atoms with Gasteiger partial charge in [0.15, 0.2) is 0 Å². The summed E-state index contributed by atoms with van der Waals surface area (Å²) in [6.07, 6.45) is 0. The second-order valence-electron chi connectivity index (χ2n) is 4.58. The van der Waals surface area contributed by atoms with Crippen molar-refractivity contribution in [3.8, 4) is 11.3 Å². The van der Waals surface area contributed by atoms with Crippen LogP contribution < -0.4 is 10.3 Å². The van der Waals surface area contributed by atoms with E-state index in [0.717, 1.165) is 0 Å². The smallest absolute Gasteiger partial charge is 0.266 e. The molecular formula is C14H16FN3O3S. The molecule has 0 amide bonds. The number of sulfonamides is 1. The van der Waals surface area contributed by atoms with E-state index in [2.05, 4.69) is 9.82 Å². The van der Waals surface area contributed by atoms with Gasteiger partial charge < -0.3 is 0 Å². The average Bonchev–Trinajstić information content (AvgIpc) is 2.50. The van der Waals surface area contributed by atoms with Crippen LogP contribution in [0.5, 0.6) is 0 Å². The van der Waals surface area contributed by atoms with Gasteiger partial charge in [-0.1, -0.05) is 0 Å². The van der Waals surface area contributed by atoms with Gasteiger partial charge in [-0.05, 0) is 37.3 Å². The molecule has 0 unspecified atom stereocenters. The molecule has 6 nitrogen and oxygen atoms in total. The summed E-state index contributed by atoms with van der Waals surface area (Å²) in [5.74, 6) is -0.378. The van der Waals surface area contributed by atoms with Gasteiger partial charge in [-0.25, -0.2) is 22.2 Å². The molecule has 2 aromatic rings. The second-order valence-corrected chi connectivity index (χ2v) is 6.68. The van der Waals surface area contributed by atoms with Crippen LogP contribution in [-0.4, -0.2) is 30.5 Å². The third kappa shape index (κ3) is 4.22. The maximum atomic E-state index is 12.9. The van der Waals surface area contributed by atoms with Crippen molar-refractivity contribution in [3.05, 3.63) is 52.6 Å². The first-order valence-corrected chi connectivity index (χ1v) is 8.38. The molecule has 1 heterocycles. The molecule has 8 heteroatoms. The first-order valence-electron chi connectivity index (χ1n) is 6.73. The number of benzene rings is 1. The Kier molecular flexibility index (Phi) is 5.04. The fourth-order valence-corrected chi connectivity index (χ4v) is 2.40. The van der Waals surface area contributed by atoms with E-state index in [1.165, 1.54) is 29.8 Å². The quantitative estimate of drug-likeness (QED) is 0.859. The van der Waals surface area contributed by atoms with E-state index in [9.17, 15) is 17.6 Å². The monoisotopic (exact) mass is 325 g/mol. The van der Waals surface area contributed by atoms with Gasteiger partial charge >= 0.3 is 0 Å². The predicted octanol–water partition coefficient (Wildman–Crippen LogP) is 0.989. The number of hydrogen-bond acceptors (Lipinski definition) is 4. The molecule has 0 saturated heterocycles. The predicted molar refractivity (Wildman–Crippen MR) is 81.4 cm³/mol. The van der Waals surface area contributed by atoms with Crippen molar-refractivity contribution in [2.24, 2.45) is 0 Å². The molecule has 118 valence electrons. The Morgan fingerprint density at radius 1 is 1.18 bits per heavy atom. The molecule has 1 aromatic carbocycles. The molecule has 0 radical (unpaired) electrons.